The predicted octanol–water partition coefficient (Wildman–Crippen LogP) is 4.85. The maximum atomic E-state index is 6.24. The van der Waals surface area contributed by atoms with Gasteiger partial charge in [-0.1, -0.05) is 49.9 Å². The minimum atomic E-state index is 0.278. The van der Waals surface area contributed by atoms with Crippen molar-refractivity contribution in [3.63, 3.8) is 0 Å². The third kappa shape index (κ3) is 8.48. The van der Waals surface area contributed by atoms with Gasteiger partial charge in [-0.15, -0.1) is 0 Å². The van der Waals surface area contributed by atoms with Crippen molar-refractivity contribution < 1.29 is 0 Å². The highest BCUT2D eigenvalue weighted by Crippen LogP contribution is 2.22. The maximum absolute atomic E-state index is 6.24. The first-order valence-corrected chi connectivity index (χ1v) is 13.1. The molecular weight excluding hydrogens is 456 g/mol. The highest BCUT2D eigenvalue weighted by Gasteiger charge is 2.17. The van der Waals surface area contributed by atoms with Crippen molar-refractivity contribution in [2.24, 2.45) is 17.2 Å². The summed E-state index contributed by atoms with van der Waals surface area (Å²) in [6.07, 6.45) is 15.2. The van der Waals surface area contributed by atoms with Gasteiger partial charge in [-0.05, 0) is 97.6 Å². The van der Waals surface area contributed by atoms with Gasteiger partial charge in [0.1, 0.15) is 0 Å². The molecule has 1 unspecified atom stereocenters. The highest BCUT2D eigenvalue weighted by atomic mass is 15.1. The van der Waals surface area contributed by atoms with E-state index >= 15 is 0 Å². The van der Waals surface area contributed by atoms with Crippen LogP contribution < -0.4 is 17.2 Å². The smallest absolute Gasteiger partial charge is 0.0995 e. The third-order valence-electron chi connectivity index (χ3n) is 6.50. The number of hydrogen-bond donors (Lipinski definition) is 3. The van der Waals surface area contributed by atoms with E-state index in [1.807, 2.05) is 19.3 Å². The van der Waals surface area contributed by atoms with Crippen LogP contribution in [0.3, 0.4) is 0 Å². The standard InChI is InChI=1S/C29H37N5.C2H5N/c1-3-23-6-4-7-27(15-23)26(11-12-30)10-9-24-14-25(19-33-13-5-8-28(31)20-33)17-29(16-24)34-18-22(2)32-21-34;1-2-3/h4,6-7,10-12,14-18,21,28H,3,5,8-9,13,19-20,30-31H2,1-2H3;2H,1,3H2/b12-11-,26-10+;. The van der Waals surface area contributed by atoms with E-state index in [9.17, 15) is 0 Å². The molecule has 6 heteroatoms. The van der Waals surface area contributed by atoms with E-state index in [2.05, 4.69) is 88.4 Å². The molecule has 2 heterocycles. The van der Waals surface area contributed by atoms with Crippen LogP contribution in [0.2, 0.25) is 0 Å². The van der Waals surface area contributed by atoms with Crippen molar-refractivity contribution in [3.05, 3.63) is 114 Å². The van der Waals surface area contributed by atoms with Gasteiger partial charge in [0.15, 0.2) is 0 Å². The Morgan fingerprint density at radius 3 is 2.59 bits per heavy atom. The number of nitrogens with zero attached hydrogens (tertiary/aromatic N) is 3. The Morgan fingerprint density at radius 2 is 1.92 bits per heavy atom. The van der Waals surface area contributed by atoms with E-state index in [0.717, 1.165) is 55.9 Å². The van der Waals surface area contributed by atoms with Crippen molar-refractivity contribution in [1.82, 2.24) is 14.5 Å². The fraction of sp³-hybridized carbons (Fsp3) is 0.323. The molecule has 0 radical (unpaired) electrons. The average Bonchev–Trinajstić information content (AvgIpc) is 3.33. The minimum absolute atomic E-state index is 0.278. The number of allylic oxidation sites excluding steroid dienone is 3. The first-order chi connectivity index (χ1) is 17.9. The zero-order valence-corrected chi connectivity index (χ0v) is 22.3. The fourth-order valence-corrected chi connectivity index (χ4v) is 4.74. The number of nitrogens with two attached hydrogens (primary N) is 3. The molecule has 6 N–H and O–H groups in total. The van der Waals surface area contributed by atoms with Gasteiger partial charge in [-0.2, -0.15) is 0 Å². The predicted molar refractivity (Wildman–Crippen MR) is 156 cm³/mol. The summed E-state index contributed by atoms with van der Waals surface area (Å²) in [6, 6.07) is 15.8. The molecular formula is C31H42N6. The van der Waals surface area contributed by atoms with Crippen LogP contribution in [0.1, 0.15) is 47.7 Å². The van der Waals surface area contributed by atoms with E-state index < -0.39 is 0 Å². The Kier molecular flexibility index (Phi) is 10.7. The molecule has 37 heavy (non-hydrogen) atoms. The summed E-state index contributed by atoms with van der Waals surface area (Å²) in [5, 5.41) is 0. The van der Waals surface area contributed by atoms with E-state index in [1.54, 1.807) is 6.20 Å². The molecule has 1 atom stereocenters. The van der Waals surface area contributed by atoms with Crippen LogP contribution in [-0.4, -0.2) is 33.6 Å². The second-order valence-electron chi connectivity index (χ2n) is 9.58. The summed E-state index contributed by atoms with van der Waals surface area (Å²) >= 11 is 0. The molecule has 1 saturated heterocycles. The second-order valence-corrected chi connectivity index (χ2v) is 9.58. The van der Waals surface area contributed by atoms with E-state index in [1.165, 1.54) is 34.9 Å². The maximum Gasteiger partial charge on any atom is 0.0995 e. The number of likely N-dealkylation sites (tertiary alicyclic amines) is 1. The zero-order chi connectivity index (χ0) is 26.6. The van der Waals surface area contributed by atoms with E-state index in [4.69, 9.17) is 11.5 Å². The van der Waals surface area contributed by atoms with Crippen LogP contribution in [0.4, 0.5) is 0 Å². The van der Waals surface area contributed by atoms with Crippen LogP contribution >= 0.6 is 0 Å². The number of hydrogen-bond acceptors (Lipinski definition) is 5. The lowest BCUT2D eigenvalue weighted by Gasteiger charge is -2.30. The molecule has 6 nitrogen and oxygen atoms in total. The number of benzene rings is 2. The lowest BCUT2D eigenvalue weighted by Crippen LogP contribution is -2.42. The Balaban J connectivity index is 0.00000121. The Hall–Kier alpha value is -3.61. The molecule has 1 aromatic heterocycles. The van der Waals surface area contributed by atoms with E-state index in [0.29, 0.717) is 0 Å². The van der Waals surface area contributed by atoms with Gasteiger partial charge in [0.05, 0.1) is 12.0 Å². The highest BCUT2D eigenvalue weighted by molar-refractivity contribution is 5.74. The van der Waals surface area contributed by atoms with Gasteiger partial charge in [0.2, 0.25) is 0 Å². The Morgan fingerprint density at radius 1 is 1.14 bits per heavy atom. The van der Waals surface area contributed by atoms with Gasteiger partial charge in [-0.3, -0.25) is 4.90 Å². The molecule has 0 bridgehead atoms. The Labute approximate surface area is 222 Å². The van der Waals surface area contributed by atoms with Crippen LogP contribution in [0.5, 0.6) is 0 Å². The van der Waals surface area contributed by atoms with Gasteiger partial charge in [0, 0.05) is 31.0 Å². The normalized spacial score (nSPS) is 16.4. The summed E-state index contributed by atoms with van der Waals surface area (Å²) in [7, 11) is 0. The minimum Gasteiger partial charge on any atom is -0.405 e. The summed E-state index contributed by atoms with van der Waals surface area (Å²) in [5.74, 6) is 0. The van der Waals surface area contributed by atoms with Crippen molar-refractivity contribution in [2.75, 3.05) is 13.1 Å². The van der Waals surface area contributed by atoms with Crippen LogP contribution in [0.15, 0.2) is 86.1 Å². The van der Waals surface area contributed by atoms with Crippen molar-refractivity contribution in [1.29, 1.82) is 0 Å². The van der Waals surface area contributed by atoms with E-state index in [-0.39, 0.29) is 6.04 Å². The molecule has 0 aliphatic carbocycles. The van der Waals surface area contributed by atoms with Gasteiger partial charge in [0.25, 0.3) is 0 Å². The van der Waals surface area contributed by atoms with Crippen molar-refractivity contribution in [2.45, 2.75) is 52.1 Å². The van der Waals surface area contributed by atoms with Gasteiger partial charge in [-0.25, -0.2) is 4.98 Å². The van der Waals surface area contributed by atoms with Crippen LogP contribution in [0.25, 0.3) is 11.3 Å². The first kappa shape index (κ1) is 28.0. The quantitative estimate of drug-likeness (QED) is 0.386. The lowest BCUT2D eigenvalue weighted by atomic mass is 9.98. The molecule has 1 aliphatic heterocycles. The molecule has 0 spiro atoms. The number of imidazole rings is 1. The molecule has 3 aromatic rings. The SMILES string of the molecule is C=CN.CCc1cccc(C(/C=C\N)=C/Cc2cc(CN3CCCC(N)C3)cc(-n3cnc(C)c3)c2)c1. The largest absolute Gasteiger partial charge is 0.405 e. The van der Waals surface area contributed by atoms with Crippen molar-refractivity contribution >= 4 is 5.57 Å². The first-order valence-electron chi connectivity index (χ1n) is 13.1. The summed E-state index contributed by atoms with van der Waals surface area (Å²) < 4.78 is 2.11. The molecule has 1 fully saturated rings. The zero-order valence-electron chi connectivity index (χ0n) is 22.3. The second kappa shape index (κ2) is 14.2. The van der Waals surface area contributed by atoms with Crippen molar-refractivity contribution in [3.8, 4) is 5.69 Å². The topological polar surface area (TPSA) is 99.1 Å². The van der Waals surface area contributed by atoms with Gasteiger partial charge >= 0.3 is 0 Å². The third-order valence-corrected chi connectivity index (χ3v) is 6.50. The number of rotatable bonds is 8. The lowest BCUT2D eigenvalue weighted by molar-refractivity contribution is 0.201. The molecule has 196 valence electrons. The molecule has 1 aliphatic rings. The molecule has 2 aromatic carbocycles. The van der Waals surface area contributed by atoms with Crippen LogP contribution in [-0.2, 0) is 19.4 Å². The number of aromatic nitrogens is 2. The fourth-order valence-electron chi connectivity index (χ4n) is 4.74. The molecule has 0 saturated carbocycles. The number of aryl methyl sites for hydroxylation is 2. The monoisotopic (exact) mass is 498 g/mol. The summed E-state index contributed by atoms with van der Waals surface area (Å²) in [6.45, 7) is 10.3. The van der Waals surface area contributed by atoms with Crippen LogP contribution in [0, 0.1) is 6.92 Å². The summed E-state index contributed by atoms with van der Waals surface area (Å²) in [4.78, 5) is 6.91. The molecule has 4 rings (SSSR count). The molecule has 0 amide bonds. The average molecular weight is 499 g/mol. The van der Waals surface area contributed by atoms with Gasteiger partial charge < -0.3 is 21.8 Å². The number of piperidine rings is 1. The Bertz CT molecular complexity index is 1210. The summed E-state index contributed by atoms with van der Waals surface area (Å²) in [5.41, 5.74) is 25.1.